The van der Waals surface area contributed by atoms with E-state index in [-0.39, 0.29) is 24.1 Å². The molecule has 0 aromatic rings. The molecule has 0 radical (unpaired) electrons. The van der Waals surface area contributed by atoms with Crippen LogP contribution >= 0.6 is 0 Å². The molecule has 1 aliphatic heterocycles. The summed E-state index contributed by atoms with van der Waals surface area (Å²) < 4.78 is 5.38. The van der Waals surface area contributed by atoms with Gasteiger partial charge in [-0.2, -0.15) is 5.26 Å². The summed E-state index contributed by atoms with van der Waals surface area (Å²) in [5, 5.41) is 22.6. The van der Waals surface area contributed by atoms with Crippen LogP contribution in [0.15, 0.2) is 0 Å². The summed E-state index contributed by atoms with van der Waals surface area (Å²) in [7, 11) is 0. The zero-order valence-electron chi connectivity index (χ0n) is 11.0. The summed E-state index contributed by atoms with van der Waals surface area (Å²) in [5.41, 5.74) is -0.220. The number of nitriles is 1. The minimum Gasteiger partial charge on any atom is -0.394 e. The molecule has 0 aromatic carbocycles. The number of nitrogens with one attached hydrogen (secondary N) is 1. The molecule has 2 rings (SSSR count). The molecule has 4 nitrogen and oxygen atoms in total. The van der Waals surface area contributed by atoms with Gasteiger partial charge in [0.15, 0.2) is 0 Å². The van der Waals surface area contributed by atoms with Crippen LogP contribution < -0.4 is 5.32 Å². The summed E-state index contributed by atoms with van der Waals surface area (Å²) in [4.78, 5) is 0. The molecule has 2 aliphatic rings. The lowest BCUT2D eigenvalue weighted by Crippen LogP contribution is -2.57. The Bertz CT molecular complexity index is 295. The lowest BCUT2D eigenvalue weighted by molar-refractivity contribution is 0.00382. The van der Waals surface area contributed by atoms with Crippen molar-refractivity contribution >= 4 is 0 Å². The van der Waals surface area contributed by atoms with E-state index in [0.717, 1.165) is 32.1 Å². The van der Waals surface area contributed by atoms with Gasteiger partial charge in [-0.05, 0) is 25.7 Å². The highest BCUT2D eigenvalue weighted by molar-refractivity contribution is 4.99. The summed E-state index contributed by atoms with van der Waals surface area (Å²) in [6.07, 6.45) is 7.31. The summed E-state index contributed by atoms with van der Waals surface area (Å²) >= 11 is 0. The fraction of sp³-hybridized carbons (Fsp3) is 0.929. The fourth-order valence-electron chi connectivity index (χ4n) is 3.14. The molecular weight excluding hydrogens is 228 g/mol. The number of hydrogen-bond acceptors (Lipinski definition) is 4. The fourth-order valence-corrected chi connectivity index (χ4v) is 3.14. The minimum absolute atomic E-state index is 0.0961. The first kappa shape index (κ1) is 13.8. The van der Waals surface area contributed by atoms with Crippen molar-refractivity contribution in [2.75, 3.05) is 19.8 Å². The predicted octanol–water partition coefficient (Wildman–Crippen LogP) is 1.59. The number of nitrogens with zero attached hydrogens (tertiary/aromatic N) is 1. The zero-order chi connectivity index (χ0) is 12.8. The molecule has 1 heterocycles. The second kappa shape index (κ2) is 6.51. The van der Waals surface area contributed by atoms with Gasteiger partial charge in [0.2, 0.25) is 0 Å². The number of aliphatic hydroxyl groups excluding tert-OH is 1. The van der Waals surface area contributed by atoms with E-state index in [1.54, 1.807) is 0 Å². The van der Waals surface area contributed by atoms with Gasteiger partial charge >= 0.3 is 0 Å². The molecule has 4 heteroatoms. The van der Waals surface area contributed by atoms with Crippen LogP contribution in [0, 0.1) is 17.2 Å². The van der Waals surface area contributed by atoms with E-state index in [2.05, 4.69) is 11.4 Å². The highest BCUT2D eigenvalue weighted by atomic mass is 16.5. The van der Waals surface area contributed by atoms with Gasteiger partial charge in [0, 0.05) is 24.8 Å². The molecule has 2 atom stereocenters. The van der Waals surface area contributed by atoms with Gasteiger partial charge in [-0.15, -0.1) is 0 Å². The summed E-state index contributed by atoms with van der Waals surface area (Å²) in [5.74, 6) is 0.0961. The van der Waals surface area contributed by atoms with Crippen molar-refractivity contribution in [1.82, 2.24) is 5.32 Å². The molecule has 1 aliphatic carbocycles. The van der Waals surface area contributed by atoms with Gasteiger partial charge in [0.05, 0.1) is 18.6 Å². The molecule has 1 saturated heterocycles. The highest BCUT2D eigenvalue weighted by Crippen LogP contribution is 2.28. The molecule has 1 saturated carbocycles. The summed E-state index contributed by atoms with van der Waals surface area (Å²) in [6, 6.07) is 2.69. The van der Waals surface area contributed by atoms with Crippen molar-refractivity contribution in [3.63, 3.8) is 0 Å². The Kier molecular flexibility index (Phi) is 4.99. The lowest BCUT2D eigenvalue weighted by atomic mass is 9.86. The van der Waals surface area contributed by atoms with E-state index >= 15 is 0 Å². The number of ether oxygens (including phenoxy) is 1. The standard InChI is InChI=1S/C14H24N2O2/c15-10-12-4-2-1-3-5-13(12)16-14(11-17)6-8-18-9-7-14/h12-13,16-17H,1-9,11H2. The number of hydrogen-bond donors (Lipinski definition) is 2. The van der Waals surface area contributed by atoms with Crippen molar-refractivity contribution in [3.8, 4) is 6.07 Å². The minimum atomic E-state index is -0.220. The van der Waals surface area contributed by atoms with Crippen molar-refractivity contribution in [3.05, 3.63) is 0 Å². The third-order valence-electron chi connectivity index (χ3n) is 4.43. The van der Waals surface area contributed by atoms with Crippen LogP contribution in [-0.4, -0.2) is 36.5 Å². The molecule has 2 N–H and O–H groups in total. The average Bonchev–Trinajstić information content (AvgIpc) is 2.65. The van der Waals surface area contributed by atoms with Crippen LogP contribution in [0.2, 0.25) is 0 Å². The third-order valence-corrected chi connectivity index (χ3v) is 4.43. The van der Waals surface area contributed by atoms with Crippen LogP contribution in [0.5, 0.6) is 0 Å². The van der Waals surface area contributed by atoms with Crippen molar-refractivity contribution in [2.24, 2.45) is 5.92 Å². The largest absolute Gasteiger partial charge is 0.394 e. The van der Waals surface area contributed by atoms with E-state index in [9.17, 15) is 10.4 Å². The second-order valence-electron chi connectivity index (χ2n) is 5.68. The Balaban J connectivity index is 2.02. The maximum Gasteiger partial charge on any atom is 0.0672 e. The molecule has 0 aromatic heterocycles. The zero-order valence-corrected chi connectivity index (χ0v) is 11.0. The Morgan fingerprint density at radius 3 is 2.61 bits per heavy atom. The topological polar surface area (TPSA) is 65.3 Å². The van der Waals surface area contributed by atoms with Crippen LogP contribution in [0.25, 0.3) is 0 Å². The Labute approximate surface area is 109 Å². The highest BCUT2D eigenvalue weighted by Gasteiger charge is 2.36. The number of aliphatic hydroxyl groups is 1. The molecule has 0 amide bonds. The van der Waals surface area contributed by atoms with E-state index in [0.29, 0.717) is 13.2 Å². The van der Waals surface area contributed by atoms with Gasteiger partial charge in [-0.25, -0.2) is 0 Å². The average molecular weight is 252 g/mol. The van der Waals surface area contributed by atoms with E-state index < -0.39 is 0 Å². The van der Waals surface area contributed by atoms with Crippen LogP contribution in [0.1, 0.15) is 44.9 Å². The maximum absolute atomic E-state index is 9.70. The van der Waals surface area contributed by atoms with Gasteiger partial charge in [0.25, 0.3) is 0 Å². The third kappa shape index (κ3) is 3.23. The molecule has 18 heavy (non-hydrogen) atoms. The smallest absolute Gasteiger partial charge is 0.0672 e. The Morgan fingerprint density at radius 2 is 1.94 bits per heavy atom. The van der Waals surface area contributed by atoms with Crippen molar-refractivity contribution in [1.29, 1.82) is 5.26 Å². The first-order valence-electron chi connectivity index (χ1n) is 7.16. The normalized spacial score (nSPS) is 32.4. The van der Waals surface area contributed by atoms with E-state index in [1.807, 2.05) is 0 Å². The Hall–Kier alpha value is -0.630. The Morgan fingerprint density at radius 1 is 1.22 bits per heavy atom. The molecule has 0 bridgehead atoms. The summed E-state index contributed by atoms with van der Waals surface area (Å²) in [6.45, 7) is 1.56. The molecule has 102 valence electrons. The SMILES string of the molecule is N#CC1CCCCCC1NC1(CO)CCOCC1. The predicted molar refractivity (Wildman–Crippen MR) is 69.0 cm³/mol. The van der Waals surface area contributed by atoms with Gasteiger partial charge in [0.1, 0.15) is 0 Å². The van der Waals surface area contributed by atoms with Crippen molar-refractivity contribution < 1.29 is 9.84 Å². The van der Waals surface area contributed by atoms with Crippen LogP contribution in [0.3, 0.4) is 0 Å². The van der Waals surface area contributed by atoms with Crippen molar-refractivity contribution in [2.45, 2.75) is 56.5 Å². The van der Waals surface area contributed by atoms with Crippen LogP contribution in [0.4, 0.5) is 0 Å². The molecule has 2 fully saturated rings. The van der Waals surface area contributed by atoms with Gasteiger partial charge in [-0.1, -0.05) is 19.3 Å². The van der Waals surface area contributed by atoms with Crippen LogP contribution in [-0.2, 0) is 4.74 Å². The quantitative estimate of drug-likeness (QED) is 0.749. The molecular formula is C14H24N2O2. The first-order chi connectivity index (χ1) is 8.79. The second-order valence-corrected chi connectivity index (χ2v) is 5.68. The monoisotopic (exact) mass is 252 g/mol. The number of rotatable bonds is 3. The maximum atomic E-state index is 9.70. The van der Waals surface area contributed by atoms with E-state index in [1.165, 1.54) is 12.8 Å². The lowest BCUT2D eigenvalue weighted by Gasteiger charge is -2.40. The molecule has 2 unspecified atom stereocenters. The first-order valence-corrected chi connectivity index (χ1v) is 7.16. The molecule has 0 spiro atoms. The van der Waals surface area contributed by atoms with Gasteiger partial charge < -0.3 is 15.2 Å². The van der Waals surface area contributed by atoms with Gasteiger partial charge in [-0.3, -0.25) is 0 Å². The van der Waals surface area contributed by atoms with E-state index in [4.69, 9.17) is 4.74 Å².